The SMILES string of the molecule is CCOc1ccc(C(O)c2cccc(N)c2C)cc1. The molecule has 2 rings (SSSR count). The monoisotopic (exact) mass is 257 g/mol. The summed E-state index contributed by atoms with van der Waals surface area (Å²) < 4.78 is 5.39. The van der Waals surface area contributed by atoms with Crippen molar-refractivity contribution in [1.29, 1.82) is 0 Å². The Kier molecular flexibility index (Phi) is 4.07. The fourth-order valence-corrected chi connectivity index (χ4v) is 2.06. The minimum atomic E-state index is -0.667. The molecule has 0 amide bonds. The molecule has 0 saturated carbocycles. The highest BCUT2D eigenvalue weighted by molar-refractivity contribution is 5.52. The molecule has 3 N–H and O–H groups in total. The van der Waals surface area contributed by atoms with Crippen LogP contribution in [-0.4, -0.2) is 11.7 Å². The van der Waals surface area contributed by atoms with Gasteiger partial charge in [-0.15, -0.1) is 0 Å². The molecular weight excluding hydrogens is 238 g/mol. The van der Waals surface area contributed by atoms with E-state index in [1.54, 1.807) is 0 Å². The van der Waals surface area contributed by atoms with Crippen molar-refractivity contribution in [3.63, 3.8) is 0 Å². The molecule has 0 bridgehead atoms. The highest BCUT2D eigenvalue weighted by atomic mass is 16.5. The molecule has 0 aliphatic rings. The van der Waals surface area contributed by atoms with Crippen LogP contribution in [0.3, 0.4) is 0 Å². The molecule has 1 atom stereocenters. The van der Waals surface area contributed by atoms with E-state index < -0.39 is 6.10 Å². The zero-order valence-corrected chi connectivity index (χ0v) is 11.3. The van der Waals surface area contributed by atoms with Gasteiger partial charge in [0, 0.05) is 5.69 Å². The van der Waals surface area contributed by atoms with Crippen molar-refractivity contribution in [3.8, 4) is 5.75 Å². The zero-order valence-electron chi connectivity index (χ0n) is 11.3. The minimum absolute atomic E-state index is 0.635. The van der Waals surface area contributed by atoms with E-state index in [4.69, 9.17) is 10.5 Å². The van der Waals surface area contributed by atoms with Crippen molar-refractivity contribution in [2.75, 3.05) is 12.3 Å². The highest BCUT2D eigenvalue weighted by Crippen LogP contribution is 2.28. The fraction of sp³-hybridized carbons (Fsp3) is 0.250. The number of nitrogen functional groups attached to an aromatic ring is 1. The van der Waals surface area contributed by atoms with Crippen LogP contribution in [0.5, 0.6) is 5.75 Å². The van der Waals surface area contributed by atoms with E-state index in [9.17, 15) is 5.11 Å². The van der Waals surface area contributed by atoms with Gasteiger partial charge in [0.05, 0.1) is 6.61 Å². The van der Waals surface area contributed by atoms with Crippen LogP contribution in [0.15, 0.2) is 42.5 Å². The van der Waals surface area contributed by atoms with Crippen LogP contribution >= 0.6 is 0 Å². The molecule has 0 saturated heterocycles. The molecule has 0 aliphatic heterocycles. The second-order valence-corrected chi connectivity index (χ2v) is 4.47. The van der Waals surface area contributed by atoms with E-state index >= 15 is 0 Å². The summed E-state index contributed by atoms with van der Waals surface area (Å²) in [4.78, 5) is 0. The van der Waals surface area contributed by atoms with Crippen LogP contribution in [0.1, 0.15) is 29.7 Å². The van der Waals surface area contributed by atoms with Gasteiger partial charge in [-0.05, 0) is 48.7 Å². The first-order chi connectivity index (χ1) is 9.13. The lowest BCUT2D eigenvalue weighted by molar-refractivity contribution is 0.219. The number of ether oxygens (including phenoxy) is 1. The summed E-state index contributed by atoms with van der Waals surface area (Å²) in [5.74, 6) is 0.808. The zero-order chi connectivity index (χ0) is 13.8. The summed E-state index contributed by atoms with van der Waals surface area (Å²) in [5.41, 5.74) is 9.15. The Balaban J connectivity index is 2.28. The highest BCUT2D eigenvalue weighted by Gasteiger charge is 2.13. The lowest BCUT2D eigenvalue weighted by Gasteiger charge is -2.16. The summed E-state index contributed by atoms with van der Waals surface area (Å²) in [5, 5.41) is 10.4. The Labute approximate surface area is 113 Å². The molecule has 0 heterocycles. The number of rotatable bonds is 4. The van der Waals surface area contributed by atoms with Gasteiger partial charge >= 0.3 is 0 Å². The molecule has 0 aliphatic carbocycles. The minimum Gasteiger partial charge on any atom is -0.494 e. The van der Waals surface area contributed by atoms with Crippen LogP contribution < -0.4 is 10.5 Å². The molecule has 0 fully saturated rings. The Morgan fingerprint density at radius 3 is 2.47 bits per heavy atom. The van der Waals surface area contributed by atoms with E-state index in [2.05, 4.69) is 0 Å². The summed E-state index contributed by atoms with van der Waals surface area (Å²) >= 11 is 0. The van der Waals surface area contributed by atoms with Gasteiger partial charge in [-0.3, -0.25) is 0 Å². The normalized spacial score (nSPS) is 12.2. The van der Waals surface area contributed by atoms with Gasteiger partial charge in [0.25, 0.3) is 0 Å². The van der Waals surface area contributed by atoms with Crippen LogP contribution in [0.4, 0.5) is 5.69 Å². The number of anilines is 1. The number of aliphatic hydroxyl groups excluding tert-OH is 1. The maximum absolute atomic E-state index is 10.4. The van der Waals surface area contributed by atoms with E-state index in [0.29, 0.717) is 12.3 Å². The molecule has 0 aromatic heterocycles. The number of hydrogen-bond acceptors (Lipinski definition) is 3. The lowest BCUT2D eigenvalue weighted by atomic mass is 9.96. The maximum atomic E-state index is 10.4. The number of aliphatic hydroxyl groups is 1. The van der Waals surface area contributed by atoms with Gasteiger partial charge < -0.3 is 15.6 Å². The largest absolute Gasteiger partial charge is 0.494 e. The van der Waals surface area contributed by atoms with Gasteiger partial charge in [-0.1, -0.05) is 24.3 Å². The molecule has 3 heteroatoms. The quantitative estimate of drug-likeness (QED) is 0.828. The predicted molar refractivity (Wildman–Crippen MR) is 77.3 cm³/mol. The Hall–Kier alpha value is -2.00. The van der Waals surface area contributed by atoms with E-state index in [1.165, 1.54) is 0 Å². The van der Waals surface area contributed by atoms with Crippen molar-refractivity contribution in [1.82, 2.24) is 0 Å². The lowest BCUT2D eigenvalue weighted by Crippen LogP contribution is -2.04. The van der Waals surface area contributed by atoms with Gasteiger partial charge in [-0.25, -0.2) is 0 Å². The predicted octanol–water partition coefficient (Wildman–Crippen LogP) is 3.06. The standard InChI is InChI=1S/C16H19NO2/c1-3-19-13-9-7-12(8-10-13)16(18)14-5-4-6-15(17)11(14)2/h4-10,16,18H,3,17H2,1-2H3. The summed E-state index contributed by atoms with van der Waals surface area (Å²) in [7, 11) is 0. The number of hydrogen-bond donors (Lipinski definition) is 2. The average Bonchev–Trinajstić information content (AvgIpc) is 2.42. The second-order valence-electron chi connectivity index (χ2n) is 4.47. The first-order valence-corrected chi connectivity index (χ1v) is 6.39. The van der Waals surface area contributed by atoms with Gasteiger partial charge in [0.2, 0.25) is 0 Å². The summed E-state index contributed by atoms with van der Waals surface area (Å²) in [6.45, 7) is 4.50. The van der Waals surface area contributed by atoms with Gasteiger partial charge in [0.15, 0.2) is 0 Å². The third-order valence-corrected chi connectivity index (χ3v) is 3.22. The van der Waals surface area contributed by atoms with Crippen LogP contribution in [-0.2, 0) is 0 Å². The third-order valence-electron chi connectivity index (χ3n) is 3.22. The van der Waals surface area contributed by atoms with Crippen molar-refractivity contribution in [3.05, 3.63) is 59.2 Å². The van der Waals surface area contributed by atoms with Crippen LogP contribution in [0.2, 0.25) is 0 Å². The molecule has 0 radical (unpaired) electrons. The summed E-state index contributed by atoms with van der Waals surface area (Å²) in [6.07, 6.45) is -0.667. The molecule has 1 unspecified atom stereocenters. The molecular formula is C16H19NO2. The van der Waals surface area contributed by atoms with E-state index in [0.717, 1.165) is 22.4 Å². The topological polar surface area (TPSA) is 55.5 Å². The maximum Gasteiger partial charge on any atom is 0.119 e. The first-order valence-electron chi connectivity index (χ1n) is 6.39. The molecule has 2 aromatic carbocycles. The van der Waals surface area contributed by atoms with E-state index in [-0.39, 0.29) is 0 Å². The fourth-order valence-electron chi connectivity index (χ4n) is 2.06. The van der Waals surface area contributed by atoms with Gasteiger partial charge in [-0.2, -0.15) is 0 Å². The van der Waals surface area contributed by atoms with Gasteiger partial charge in [0.1, 0.15) is 11.9 Å². The molecule has 3 nitrogen and oxygen atoms in total. The Morgan fingerprint density at radius 2 is 1.84 bits per heavy atom. The van der Waals surface area contributed by atoms with Crippen molar-refractivity contribution in [2.24, 2.45) is 0 Å². The van der Waals surface area contributed by atoms with Crippen LogP contribution in [0.25, 0.3) is 0 Å². The molecule has 100 valence electrons. The molecule has 0 spiro atoms. The second kappa shape index (κ2) is 5.76. The van der Waals surface area contributed by atoms with E-state index in [1.807, 2.05) is 56.3 Å². The number of nitrogens with two attached hydrogens (primary N) is 1. The Bertz CT molecular complexity index is 549. The number of benzene rings is 2. The van der Waals surface area contributed by atoms with Crippen molar-refractivity contribution < 1.29 is 9.84 Å². The van der Waals surface area contributed by atoms with Crippen molar-refractivity contribution in [2.45, 2.75) is 20.0 Å². The van der Waals surface area contributed by atoms with Crippen LogP contribution in [0, 0.1) is 6.92 Å². The smallest absolute Gasteiger partial charge is 0.119 e. The average molecular weight is 257 g/mol. The molecule has 2 aromatic rings. The third kappa shape index (κ3) is 2.88. The van der Waals surface area contributed by atoms with Crippen molar-refractivity contribution >= 4 is 5.69 Å². The molecule has 19 heavy (non-hydrogen) atoms. The Morgan fingerprint density at radius 1 is 1.16 bits per heavy atom. The summed E-state index contributed by atoms with van der Waals surface area (Å²) in [6, 6.07) is 13.1. The first kappa shape index (κ1) is 13.4.